The Morgan fingerprint density at radius 3 is 3.21 bits per heavy atom. The fourth-order valence-corrected chi connectivity index (χ4v) is 3.13. The molecule has 2 unspecified atom stereocenters. The Balaban J connectivity index is 1.54. The lowest BCUT2D eigenvalue weighted by molar-refractivity contribution is 0.340. The zero-order chi connectivity index (χ0) is 12.7. The molecule has 0 spiro atoms. The normalized spacial score (nSPS) is 26.6. The van der Waals surface area contributed by atoms with Gasteiger partial charge in [0, 0.05) is 19.1 Å². The van der Waals surface area contributed by atoms with Gasteiger partial charge in [-0.15, -0.1) is 5.10 Å². The SMILES string of the molecule is c1cc(-c2nc(N3CC4CCCNC4C3)n[nH]2)co1. The number of hydrogen-bond acceptors (Lipinski definition) is 5. The summed E-state index contributed by atoms with van der Waals surface area (Å²) in [4.78, 5) is 6.84. The van der Waals surface area contributed by atoms with Gasteiger partial charge >= 0.3 is 0 Å². The first kappa shape index (κ1) is 11.0. The molecule has 0 radical (unpaired) electrons. The summed E-state index contributed by atoms with van der Waals surface area (Å²) in [5, 5.41) is 10.9. The molecule has 2 N–H and O–H groups in total. The molecule has 2 aliphatic heterocycles. The van der Waals surface area contributed by atoms with E-state index in [1.165, 1.54) is 12.8 Å². The number of aromatic amines is 1. The molecule has 4 rings (SSSR count). The number of fused-ring (bicyclic) bond motifs is 1. The third-order valence-corrected chi connectivity index (χ3v) is 4.15. The van der Waals surface area contributed by atoms with Crippen LogP contribution in [0, 0.1) is 5.92 Å². The maximum Gasteiger partial charge on any atom is 0.245 e. The quantitative estimate of drug-likeness (QED) is 0.849. The Labute approximate surface area is 111 Å². The molecule has 2 saturated heterocycles. The van der Waals surface area contributed by atoms with Crippen LogP contribution in [0.5, 0.6) is 0 Å². The standard InChI is InChI=1S/C13H17N5O/c1-2-9-6-18(7-11(9)14-4-1)13-15-12(16-17-13)10-3-5-19-8-10/h3,5,8-9,11,14H,1-2,4,6-7H2,(H,15,16,17). The molecule has 0 aromatic carbocycles. The van der Waals surface area contributed by atoms with Crippen molar-refractivity contribution in [3.8, 4) is 11.4 Å². The number of H-pyrrole nitrogens is 1. The monoisotopic (exact) mass is 259 g/mol. The topological polar surface area (TPSA) is 70.0 Å². The summed E-state index contributed by atoms with van der Waals surface area (Å²) >= 11 is 0. The van der Waals surface area contributed by atoms with Crippen molar-refractivity contribution in [1.29, 1.82) is 0 Å². The van der Waals surface area contributed by atoms with Crippen LogP contribution in [0.15, 0.2) is 23.0 Å². The summed E-state index contributed by atoms with van der Waals surface area (Å²) in [7, 11) is 0. The first-order chi connectivity index (χ1) is 9.40. The van der Waals surface area contributed by atoms with Gasteiger partial charge in [-0.05, 0) is 31.4 Å². The maximum absolute atomic E-state index is 5.07. The number of furan rings is 1. The number of hydrogen-bond donors (Lipinski definition) is 2. The van der Waals surface area contributed by atoms with Gasteiger partial charge in [-0.25, -0.2) is 0 Å². The zero-order valence-corrected chi connectivity index (χ0v) is 10.7. The highest BCUT2D eigenvalue weighted by molar-refractivity contribution is 5.54. The van der Waals surface area contributed by atoms with E-state index in [1.54, 1.807) is 12.5 Å². The smallest absolute Gasteiger partial charge is 0.245 e. The van der Waals surface area contributed by atoms with Gasteiger partial charge in [-0.3, -0.25) is 5.10 Å². The van der Waals surface area contributed by atoms with E-state index in [-0.39, 0.29) is 0 Å². The van der Waals surface area contributed by atoms with E-state index in [0.717, 1.165) is 42.9 Å². The summed E-state index contributed by atoms with van der Waals surface area (Å²) in [6.07, 6.45) is 5.91. The summed E-state index contributed by atoms with van der Waals surface area (Å²) in [6, 6.07) is 2.49. The number of aromatic nitrogens is 3. The molecule has 0 aliphatic carbocycles. The summed E-state index contributed by atoms with van der Waals surface area (Å²) in [5.74, 6) is 2.31. The Morgan fingerprint density at radius 2 is 2.37 bits per heavy atom. The molecule has 2 atom stereocenters. The van der Waals surface area contributed by atoms with E-state index < -0.39 is 0 Å². The molecule has 6 nitrogen and oxygen atoms in total. The second kappa shape index (κ2) is 4.38. The average molecular weight is 259 g/mol. The zero-order valence-electron chi connectivity index (χ0n) is 10.7. The van der Waals surface area contributed by atoms with Crippen molar-refractivity contribution in [2.45, 2.75) is 18.9 Å². The number of rotatable bonds is 2. The van der Waals surface area contributed by atoms with E-state index in [1.807, 2.05) is 6.07 Å². The van der Waals surface area contributed by atoms with Gasteiger partial charge in [0.1, 0.15) is 6.26 Å². The van der Waals surface area contributed by atoms with Crippen LogP contribution >= 0.6 is 0 Å². The first-order valence-electron chi connectivity index (χ1n) is 6.83. The van der Waals surface area contributed by atoms with Gasteiger partial charge in [0.25, 0.3) is 0 Å². The molecular weight excluding hydrogens is 242 g/mol. The molecule has 4 heterocycles. The summed E-state index contributed by atoms with van der Waals surface area (Å²) < 4.78 is 5.07. The highest BCUT2D eigenvalue weighted by atomic mass is 16.3. The lowest BCUT2D eigenvalue weighted by Crippen LogP contribution is -2.40. The van der Waals surface area contributed by atoms with Gasteiger partial charge in [-0.1, -0.05) is 0 Å². The van der Waals surface area contributed by atoms with Crippen molar-refractivity contribution in [1.82, 2.24) is 20.5 Å². The van der Waals surface area contributed by atoms with Crippen LogP contribution in [-0.2, 0) is 0 Å². The fourth-order valence-electron chi connectivity index (χ4n) is 3.13. The van der Waals surface area contributed by atoms with E-state index in [9.17, 15) is 0 Å². The van der Waals surface area contributed by atoms with E-state index in [0.29, 0.717) is 6.04 Å². The Hall–Kier alpha value is -1.82. The van der Waals surface area contributed by atoms with Crippen LogP contribution in [0.1, 0.15) is 12.8 Å². The Bertz CT molecular complexity index is 535. The van der Waals surface area contributed by atoms with E-state index in [2.05, 4.69) is 25.4 Å². The average Bonchev–Trinajstić information content (AvgIpc) is 3.17. The molecule has 100 valence electrons. The highest BCUT2D eigenvalue weighted by Crippen LogP contribution is 2.28. The van der Waals surface area contributed by atoms with Crippen molar-refractivity contribution in [3.63, 3.8) is 0 Å². The van der Waals surface area contributed by atoms with E-state index >= 15 is 0 Å². The molecule has 0 saturated carbocycles. The van der Waals surface area contributed by atoms with Gasteiger partial charge in [0.2, 0.25) is 5.95 Å². The largest absolute Gasteiger partial charge is 0.472 e. The van der Waals surface area contributed by atoms with Gasteiger partial charge in [0.05, 0.1) is 11.8 Å². The summed E-state index contributed by atoms with van der Waals surface area (Å²) in [5.41, 5.74) is 0.938. The molecule has 2 aromatic rings. The molecule has 2 aromatic heterocycles. The minimum absolute atomic E-state index is 0.602. The predicted octanol–water partition coefficient (Wildman–Crippen LogP) is 1.25. The lowest BCUT2D eigenvalue weighted by atomic mass is 9.94. The third kappa shape index (κ3) is 1.92. The minimum Gasteiger partial charge on any atom is -0.472 e. The molecular formula is C13H17N5O. The number of nitrogens with one attached hydrogen (secondary N) is 2. The lowest BCUT2D eigenvalue weighted by Gasteiger charge is -2.24. The van der Waals surface area contributed by atoms with Gasteiger partial charge in [0.15, 0.2) is 5.82 Å². The van der Waals surface area contributed by atoms with Crippen LogP contribution in [0.25, 0.3) is 11.4 Å². The maximum atomic E-state index is 5.07. The highest BCUT2D eigenvalue weighted by Gasteiger charge is 2.35. The number of nitrogens with zero attached hydrogens (tertiary/aromatic N) is 3. The van der Waals surface area contributed by atoms with Crippen LogP contribution in [0.3, 0.4) is 0 Å². The second-order valence-corrected chi connectivity index (χ2v) is 5.36. The van der Waals surface area contributed by atoms with Crippen LogP contribution < -0.4 is 10.2 Å². The minimum atomic E-state index is 0.602. The van der Waals surface area contributed by atoms with Gasteiger partial charge in [-0.2, -0.15) is 4.98 Å². The summed E-state index contributed by atoms with van der Waals surface area (Å²) in [6.45, 7) is 3.21. The molecule has 2 aliphatic rings. The molecule has 19 heavy (non-hydrogen) atoms. The Kier molecular flexibility index (Phi) is 2.55. The fraction of sp³-hybridized carbons (Fsp3) is 0.538. The van der Waals surface area contributed by atoms with Crippen molar-refractivity contribution in [2.24, 2.45) is 5.92 Å². The molecule has 6 heteroatoms. The number of piperidine rings is 1. The Morgan fingerprint density at radius 1 is 1.37 bits per heavy atom. The number of anilines is 1. The van der Waals surface area contributed by atoms with Crippen LogP contribution in [-0.4, -0.2) is 40.9 Å². The van der Waals surface area contributed by atoms with Crippen LogP contribution in [0.2, 0.25) is 0 Å². The molecule has 0 bridgehead atoms. The van der Waals surface area contributed by atoms with Crippen molar-refractivity contribution in [2.75, 3.05) is 24.5 Å². The van der Waals surface area contributed by atoms with Gasteiger partial charge < -0.3 is 14.6 Å². The van der Waals surface area contributed by atoms with Crippen molar-refractivity contribution >= 4 is 5.95 Å². The van der Waals surface area contributed by atoms with Crippen LogP contribution in [0.4, 0.5) is 5.95 Å². The van der Waals surface area contributed by atoms with Crippen molar-refractivity contribution in [3.05, 3.63) is 18.6 Å². The first-order valence-corrected chi connectivity index (χ1v) is 6.83. The van der Waals surface area contributed by atoms with Crippen molar-refractivity contribution < 1.29 is 4.42 Å². The second-order valence-electron chi connectivity index (χ2n) is 5.36. The molecule has 2 fully saturated rings. The predicted molar refractivity (Wildman–Crippen MR) is 70.8 cm³/mol. The van der Waals surface area contributed by atoms with E-state index in [4.69, 9.17) is 4.42 Å². The molecule has 0 amide bonds. The third-order valence-electron chi connectivity index (χ3n) is 4.15.